The van der Waals surface area contributed by atoms with E-state index in [9.17, 15) is 4.79 Å². The van der Waals surface area contributed by atoms with Crippen molar-refractivity contribution in [2.24, 2.45) is 5.73 Å². The number of rotatable bonds is 7. The van der Waals surface area contributed by atoms with Gasteiger partial charge in [-0.25, -0.2) is 0 Å². The summed E-state index contributed by atoms with van der Waals surface area (Å²) >= 11 is 7.61. The Balaban J connectivity index is 2.56. The molecule has 106 valence electrons. The highest BCUT2D eigenvalue weighted by Crippen LogP contribution is 2.24. The third-order valence-corrected chi connectivity index (χ3v) is 4.05. The van der Waals surface area contributed by atoms with Crippen LogP contribution in [0.4, 0.5) is 0 Å². The van der Waals surface area contributed by atoms with Gasteiger partial charge in [0.15, 0.2) is 0 Å². The number of halogens is 1. The third-order valence-electron chi connectivity index (χ3n) is 2.82. The Morgan fingerprint density at radius 1 is 1.53 bits per heavy atom. The fraction of sp³-hybridized carbons (Fsp3) is 0.500. The lowest BCUT2D eigenvalue weighted by Crippen LogP contribution is -2.55. The quantitative estimate of drug-likeness (QED) is 0.761. The highest BCUT2D eigenvalue weighted by atomic mass is 35.5. The van der Waals surface area contributed by atoms with Crippen molar-refractivity contribution in [2.45, 2.75) is 43.7 Å². The Bertz CT molecular complexity index is 439. The predicted molar refractivity (Wildman–Crippen MR) is 82.7 cm³/mol. The first-order chi connectivity index (χ1) is 8.83. The molecule has 0 aliphatic carbocycles. The molecule has 0 saturated heterocycles. The summed E-state index contributed by atoms with van der Waals surface area (Å²) in [6, 6.07) is 7.91. The van der Waals surface area contributed by atoms with Gasteiger partial charge in [-0.05, 0) is 45.4 Å². The van der Waals surface area contributed by atoms with Crippen LogP contribution in [0.2, 0.25) is 5.02 Å². The van der Waals surface area contributed by atoms with Crippen LogP contribution in [-0.4, -0.2) is 23.2 Å². The zero-order chi connectivity index (χ0) is 14.5. The summed E-state index contributed by atoms with van der Waals surface area (Å²) < 4.78 is 0. The van der Waals surface area contributed by atoms with Gasteiger partial charge in [-0.2, -0.15) is 0 Å². The van der Waals surface area contributed by atoms with Crippen molar-refractivity contribution in [3.8, 4) is 0 Å². The Kier molecular flexibility index (Phi) is 6.17. The number of hydrogen-bond donors (Lipinski definition) is 2. The summed E-state index contributed by atoms with van der Waals surface area (Å²) in [5, 5.41) is 3.96. The van der Waals surface area contributed by atoms with E-state index in [-0.39, 0.29) is 11.9 Å². The van der Waals surface area contributed by atoms with Gasteiger partial charge in [0.1, 0.15) is 0 Å². The first-order valence-electron chi connectivity index (χ1n) is 6.29. The lowest BCUT2D eigenvalue weighted by atomic mass is 9.97. The minimum atomic E-state index is -0.667. The molecule has 0 aromatic heterocycles. The number of carbonyl (C=O) groups excluding carboxylic acids is 1. The lowest BCUT2D eigenvalue weighted by molar-refractivity contribution is -0.124. The van der Waals surface area contributed by atoms with Gasteiger partial charge in [0.05, 0.1) is 5.54 Å². The second kappa shape index (κ2) is 7.17. The summed E-state index contributed by atoms with van der Waals surface area (Å²) in [7, 11) is 0. The molecule has 5 heteroatoms. The molecule has 1 amide bonds. The predicted octanol–water partition coefficient (Wildman–Crippen LogP) is 3.06. The zero-order valence-corrected chi connectivity index (χ0v) is 13.1. The number of amides is 1. The number of nitrogens with one attached hydrogen (secondary N) is 1. The molecule has 3 nitrogen and oxygen atoms in total. The molecule has 0 fully saturated rings. The average molecular weight is 301 g/mol. The molecule has 1 unspecified atom stereocenters. The van der Waals surface area contributed by atoms with Crippen molar-refractivity contribution in [3.05, 3.63) is 29.3 Å². The zero-order valence-electron chi connectivity index (χ0n) is 11.6. The minimum Gasteiger partial charge on any atom is -0.368 e. The van der Waals surface area contributed by atoms with E-state index in [1.165, 1.54) is 0 Å². The number of benzene rings is 1. The van der Waals surface area contributed by atoms with Crippen LogP contribution in [0.5, 0.6) is 0 Å². The van der Waals surface area contributed by atoms with Crippen molar-refractivity contribution < 1.29 is 4.79 Å². The van der Waals surface area contributed by atoms with E-state index < -0.39 is 5.54 Å². The summed E-state index contributed by atoms with van der Waals surface area (Å²) in [4.78, 5) is 12.7. The topological polar surface area (TPSA) is 55.1 Å². The summed E-state index contributed by atoms with van der Waals surface area (Å²) in [5.74, 6) is 0.493. The Hall–Kier alpha value is -0.710. The molecule has 1 aromatic carbocycles. The van der Waals surface area contributed by atoms with E-state index in [0.29, 0.717) is 6.42 Å². The van der Waals surface area contributed by atoms with Crippen molar-refractivity contribution in [1.29, 1.82) is 0 Å². The van der Waals surface area contributed by atoms with Crippen LogP contribution in [0.3, 0.4) is 0 Å². The monoisotopic (exact) mass is 300 g/mol. The summed E-state index contributed by atoms with van der Waals surface area (Å²) in [6.07, 6.45) is 0.678. The SMILES string of the molecule is CC(C)NC(C)(CCSc1cccc(Cl)c1)C(N)=O. The van der Waals surface area contributed by atoms with Crippen LogP contribution in [0.15, 0.2) is 29.2 Å². The molecule has 0 aliphatic rings. The first-order valence-corrected chi connectivity index (χ1v) is 7.66. The average Bonchev–Trinajstić information content (AvgIpc) is 2.27. The molecule has 0 saturated carbocycles. The molecular weight excluding hydrogens is 280 g/mol. The van der Waals surface area contributed by atoms with Crippen LogP contribution in [0, 0.1) is 0 Å². The number of primary amides is 1. The van der Waals surface area contributed by atoms with Crippen LogP contribution >= 0.6 is 23.4 Å². The normalized spacial score (nSPS) is 14.4. The standard InChI is InChI=1S/C14H21ClN2OS/c1-10(2)17-14(3,13(16)18)7-8-19-12-6-4-5-11(15)9-12/h4-6,9-10,17H,7-8H2,1-3H3,(H2,16,18). The van der Waals surface area contributed by atoms with Gasteiger partial charge in [-0.1, -0.05) is 17.7 Å². The van der Waals surface area contributed by atoms with E-state index in [1.807, 2.05) is 45.0 Å². The number of thioether (sulfide) groups is 1. The van der Waals surface area contributed by atoms with E-state index in [1.54, 1.807) is 11.8 Å². The third kappa shape index (κ3) is 5.43. The number of hydrogen-bond acceptors (Lipinski definition) is 3. The largest absolute Gasteiger partial charge is 0.368 e. The molecule has 0 bridgehead atoms. The van der Waals surface area contributed by atoms with Gasteiger partial charge < -0.3 is 11.1 Å². The molecule has 0 heterocycles. The Morgan fingerprint density at radius 3 is 2.74 bits per heavy atom. The van der Waals surface area contributed by atoms with Gasteiger partial charge >= 0.3 is 0 Å². The van der Waals surface area contributed by atoms with Crippen LogP contribution in [0.1, 0.15) is 27.2 Å². The number of carbonyl (C=O) groups is 1. The number of nitrogens with two attached hydrogens (primary N) is 1. The maximum Gasteiger partial charge on any atom is 0.237 e. The second-order valence-electron chi connectivity index (χ2n) is 5.05. The smallest absolute Gasteiger partial charge is 0.237 e. The molecule has 1 atom stereocenters. The first kappa shape index (κ1) is 16.3. The molecular formula is C14H21ClN2OS. The van der Waals surface area contributed by atoms with Gasteiger partial charge in [-0.3, -0.25) is 4.79 Å². The molecule has 19 heavy (non-hydrogen) atoms. The maximum absolute atomic E-state index is 11.6. The molecule has 0 spiro atoms. The molecule has 1 rings (SSSR count). The van der Waals surface area contributed by atoms with Crippen LogP contribution in [0.25, 0.3) is 0 Å². The van der Waals surface area contributed by atoms with Gasteiger partial charge in [-0.15, -0.1) is 11.8 Å². The minimum absolute atomic E-state index is 0.216. The van der Waals surface area contributed by atoms with Gasteiger partial charge in [0.25, 0.3) is 0 Å². The van der Waals surface area contributed by atoms with E-state index in [0.717, 1.165) is 15.7 Å². The second-order valence-corrected chi connectivity index (χ2v) is 6.66. The van der Waals surface area contributed by atoms with Crippen molar-refractivity contribution in [1.82, 2.24) is 5.32 Å². The summed E-state index contributed by atoms with van der Waals surface area (Å²) in [6.45, 7) is 5.87. The highest BCUT2D eigenvalue weighted by molar-refractivity contribution is 7.99. The van der Waals surface area contributed by atoms with E-state index in [4.69, 9.17) is 17.3 Å². The van der Waals surface area contributed by atoms with E-state index in [2.05, 4.69) is 5.32 Å². The Morgan fingerprint density at radius 2 is 2.21 bits per heavy atom. The maximum atomic E-state index is 11.6. The van der Waals surface area contributed by atoms with Crippen molar-refractivity contribution in [2.75, 3.05) is 5.75 Å². The summed E-state index contributed by atoms with van der Waals surface area (Å²) in [5.41, 5.74) is 4.82. The highest BCUT2D eigenvalue weighted by Gasteiger charge is 2.30. The van der Waals surface area contributed by atoms with Gasteiger partial charge in [0.2, 0.25) is 5.91 Å². The molecule has 1 aromatic rings. The lowest BCUT2D eigenvalue weighted by Gasteiger charge is -2.29. The van der Waals surface area contributed by atoms with E-state index >= 15 is 0 Å². The van der Waals surface area contributed by atoms with Crippen LogP contribution in [-0.2, 0) is 4.79 Å². The molecule has 0 radical (unpaired) electrons. The Labute approximate surface area is 124 Å². The van der Waals surface area contributed by atoms with Crippen molar-refractivity contribution >= 4 is 29.3 Å². The van der Waals surface area contributed by atoms with Gasteiger partial charge in [0, 0.05) is 21.7 Å². The molecule has 0 aliphatic heterocycles. The molecule has 3 N–H and O–H groups in total. The fourth-order valence-electron chi connectivity index (χ4n) is 1.83. The van der Waals surface area contributed by atoms with Crippen molar-refractivity contribution in [3.63, 3.8) is 0 Å². The fourth-order valence-corrected chi connectivity index (χ4v) is 3.22. The van der Waals surface area contributed by atoms with Crippen LogP contribution < -0.4 is 11.1 Å².